The van der Waals surface area contributed by atoms with Crippen LogP contribution in [0.1, 0.15) is 32.1 Å². The molecule has 1 spiro atoms. The van der Waals surface area contributed by atoms with Crippen LogP contribution in [0.2, 0.25) is 0 Å². The van der Waals surface area contributed by atoms with Crippen LogP contribution in [0, 0.1) is 11.3 Å². The zero-order valence-electron chi connectivity index (χ0n) is 14.1. The molecule has 0 N–H and O–H groups in total. The number of piperidine rings is 1. The Morgan fingerprint density at radius 3 is 2.65 bits per heavy atom. The van der Waals surface area contributed by atoms with Gasteiger partial charge in [0.2, 0.25) is 11.8 Å². The van der Waals surface area contributed by atoms with E-state index in [4.69, 9.17) is 9.47 Å². The molecule has 0 aromatic rings. The molecule has 3 saturated heterocycles. The Balaban J connectivity index is 1.52. The molecule has 3 aliphatic rings. The summed E-state index contributed by atoms with van der Waals surface area (Å²) in [6, 6.07) is 0. The van der Waals surface area contributed by atoms with Gasteiger partial charge < -0.3 is 19.3 Å². The van der Waals surface area contributed by atoms with Crippen LogP contribution in [0.3, 0.4) is 0 Å². The maximum atomic E-state index is 12.6. The average molecular weight is 324 g/mol. The predicted octanol–water partition coefficient (Wildman–Crippen LogP) is 0.901. The largest absolute Gasteiger partial charge is 0.383 e. The number of hydrogen-bond acceptors (Lipinski definition) is 4. The van der Waals surface area contributed by atoms with E-state index in [2.05, 4.69) is 0 Å². The molecule has 0 bridgehead atoms. The first-order valence-electron chi connectivity index (χ1n) is 8.77. The smallest absolute Gasteiger partial charge is 0.225 e. The number of ether oxygens (including phenoxy) is 2. The monoisotopic (exact) mass is 324 g/mol. The van der Waals surface area contributed by atoms with E-state index < -0.39 is 0 Å². The molecule has 6 heteroatoms. The lowest BCUT2D eigenvalue weighted by Crippen LogP contribution is -2.47. The van der Waals surface area contributed by atoms with Crippen LogP contribution < -0.4 is 0 Å². The minimum Gasteiger partial charge on any atom is -0.383 e. The van der Waals surface area contributed by atoms with Crippen molar-refractivity contribution in [3.8, 4) is 0 Å². The maximum Gasteiger partial charge on any atom is 0.225 e. The summed E-state index contributed by atoms with van der Waals surface area (Å²) >= 11 is 0. The summed E-state index contributed by atoms with van der Waals surface area (Å²) in [4.78, 5) is 28.7. The van der Waals surface area contributed by atoms with Gasteiger partial charge in [-0.2, -0.15) is 0 Å². The highest BCUT2D eigenvalue weighted by Crippen LogP contribution is 2.41. The van der Waals surface area contributed by atoms with Gasteiger partial charge in [-0.3, -0.25) is 9.59 Å². The number of likely N-dealkylation sites (tertiary alicyclic amines) is 2. The van der Waals surface area contributed by atoms with Crippen LogP contribution in [-0.4, -0.2) is 74.7 Å². The summed E-state index contributed by atoms with van der Waals surface area (Å²) < 4.78 is 10.4. The Morgan fingerprint density at radius 2 is 2.00 bits per heavy atom. The van der Waals surface area contributed by atoms with Crippen LogP contribution in [0.15, 0.2) is 0 Å². The van der Waals surface area contributed by atoms with Gasteiger partial charge in [-0.1, -0.05) is 0 Å². The lowest BCUT2D eigenvalue weighted by atomic mass is 9.77. The van der Waals surface area contributed by atoms with Crippen molar-refractivity contribution in [3.63, 3.8) is 0 Å². The first-order chi connectivity index (χ1) is 11.1. The second-order valence-corrected chi connectivity index (χ2v) is 7.20. The predicted molar refractivity (Wildman–Crippen MR) is 84.9 cm³/mol. The molecule has 2 amide bonds. The fraction of sp³-hybridized carbons (Fsp3) is 0.882. The minimum atomic E-state index is 0.0806. The number of methoxy groups -OCH3 is 1. The lowest BCUT2D eigenvalue weighted by Gasteiger charge is -2.40. The highest BCUT2D eigenvalue weighted by atomic mass is 16.5. The summed E-state index contributed by atoms with van der Waals surface area (Å²) in [5.74, 6) is 0.677. The summed E-state index contributed by atoms with van der Waals surface area (Å²) in [5.41, 5.74) is 0.0806. The van der Waals surface area contributed by atoms with E-state index in [9.17, 15) is 9.59 Å². The standard InChI is InChI=1S/C17H28N2O4/c1-22-11-8-19-13-17(12-15(19)20)4-6-18(7-5-17)16(21)14-2-9-23-10-3-14/h14H,2-13H2,1H3. The molecular weight excluding hydrogens is 296 g/mol. The molecule has 3 heterocycles. The summed E-state index contributed by atoms with van der Waals surface area (Å²) in [6.07, 6.45) is 4.22. The number of hydrogen-bond donors (Lipinski definition) is 0. The Kier molecular flexibility index (Phi) is 5.21. The topological polar surface area (TPSA) is 59.1 Å². The zero-order chi connectivity index (χ0) is 16.3. The SMILES string of the molecule is COCCN1CC2(CCN(C(=O)C3CCOCC3)CC2)CC1=O. The normalized spacial score (nSPS) is 25.3. The van der Waals surface area contributed by atoms with Crippen molar-refractivity contribution in [2.75, 3.05) is 53.1 Å². The van der Waals surface area contributed by atoms with Crippen molar-refractivity contribution in [2.24, 2.45) is 11.3 Å². The highest BCUT2D eigenvalue weighted by molar-refractivity contribution is 5.80. The third-order valence-electron chi connectivity index (χ3n) is 5.68. The van der Waals surface area contributed by atoms with Gasteiger partial charge in [0, 0.05) is 64.3 Å². The van der Waals surface area contributed by atoms with Gasteiger partial charge in [0.25, 0.3) is 0 Å². The van der Waals surface area contributed by atoms with E-state index in [1.807, 2.05) is 9.80 Å². The number of carbonyl (C=O) groups excluding carboxylic acids is 2. The number of amides is 2. The molecule has 0 aromatic heterocycles. The quantitative estimate of drug-likeness (QED) is 0.771. The van der Waals surface area contributed by atoms with Gasteiger partial charge in [-0.15, -0.1) is 0 Å². The molecule has 6 nitrogen and oxygen atoms in total. The summed E-state index contributed by atoms with van der Waals surface area (Å²) in [7, 11) is 1.66. The third kappa shape index (κ3) is 3.69. The third-order valence-corrected chi connectivity index (χ3v) is 5.68. The molecule has 3 fully saturated rings. The molecule has 3 rings (SSSR count). The van der Waals surface area contributed by atoms with Crippen molar-refractivity contribution < 1.29 is 19.1 Å². The van der Waals surface area contributed by atoms with E-state index in [0.29, 0.717) is 38.7 Å². The van der Waals surface area contributed by atoms with Crippen LogP contribution >= 0.6 is 0 Å². The molecule has 0 radical (unpaired) electrons. The Morgan fingerprint density at radius 1 is 1.30 bits per heavy atom. The Hall–Kier alpha value is -1.14. The average Bonchev–Trinajstić information content (AvgIpc) is 2.89. The van der Waals surface area contributed by atoms with Crippen molar-refractivity contribution in [1.29, 1.82) is 0 Å². The molecule has 130 valence electrons. The summed E-state index contributed by atoms with van der Waals surface area (Å²) in [6.45, 7) is 5.10. The molecule has 0 aromatic carbocycles. The number of nitrogens with zero attached hydrogens (tertiary/aromatic N) is 2. The molecule has 0 saturated carbocycles. The van der Waals surface area contributed by atoms with Crippen molar-refractivity contribution in [2.45, 2.75) is 32.1 Å². The molecule has 0 unspecified atom stereocenters. The molecule has 0 aliphatic carbocycles. The number of rotatable bonds is 4. The van der Waals surface area contributed by atoms with Crippen molar-refractivity contribution in [1.82, 2.24) is 9.80 Å². The van der Waals surface area contributed by atoms with E-state index in [1.54, 1.807) is 7.11 Å². The van der Waals surface area contributed by atoms with Gasteiger partial charge in [0.05, 0.1) is 6.61 Å². The lowest BCUT2D eigenvalue weighted by molar-refractivity contribution is -0.140. The van der Waals surface area contributed by atoms with E-state index in [0.717, 1.165) is 45.3 Å². The van der Waals surface area contributed by atoms with Gasteiger partial charge >= 0.3 is 0 Å². The van der Waals surface area contributed by atoms with Crippen LogP contribution in [0.25, 0.3) is 0 Å². The van der Waals surface area contributed by atoms with E-state index in [-0.39, 0.29) is 17.2 Å². The molecule has 23 heavy (non-hydrogen) atoms. The highest BCUT2D eigenvalue weighted by Gasteiger charge is 2.45. The first-order valence-corrected chi connectivity index (χ1v) is 8.77. The van der Waals surface area contributed by atoms with Crippen LogP contribution in [0.4, 0.5) is 0 Å². The van der Waals surface area contributed by atoms with Gasteiger partial charge in [0.15, 0.2) is 0 Å². The molecule has 0 atom stereocenters. The van der Waals surface area contributed by atoms with Gasteiger partial charge in [-0.25, -0.2) is 0 Å². The van der Waals surface area contributed by atoms with E-state index in [1.165, 1.54) is 0 Å². The minimum absolute atomic E-state index is 0.0806. The first kappa shape index (κ1) is 16.7. The molecular formula is C17H28N2O4. The van der Waals surface area contributed by atoms with Crippen LogP contribution in [0.5, 0.6) is 0 Å². The second kappa shape index (κ2) is 7.18. The van der Waals surface area contributed by atoms with Crippen molar-refractivity contribution in [3.05, 3.63) is 0 Å². The Labute approximate surface area is 138 Å². The maximum absolute atomic E-state index is 12.6. The van der Waals surface area contributed by atoms with Crippen molar-refractivity contribution >= 4 is 11.8 Å². The molecule has 3 aliphatic heterocycles. The number of carbonyl (C=O) groups is 2. The van der Waals surface area contributed by atoms with Gasteiger partial charge in [0.1, 0.15) is 0 Å². The van der Waals surface area contributed by atoms with Gasteiger partial charge in [-0.05, 0) is 25.7 Å². The zero-order valence-corrected chi connectivity index (χ0v) is 14.1. The Bertz CT molecular complexity index is 440. The van der Waals surface area contributed by atoms with Crippen LogP contribution in [-0.2, 0) is 19.1 Å². The fourth-order valence-corrected chi connectivity index (χ4v) is 4.13. The van der Waals surface area contributed by atoms with E-state index >= 15 is 0 Å². The second-order valence-electron chi connectivity index (χ2n) is 7.20. The fourth-order valence-electron chi connectivity index (χ4n) is 4.13. The summed E-state index contributed by atoms with van der Waals surface area (Å²) in [5, 5.41) is 0.